The van der Waals surface area contributed by atoms with Gasteiger partial charge in [0.2, 0.25) is 0 Å². The van der Waals surface area contributed by atoms with E-state index in [2.05, 4.69) is 6.58 Å². The molecule has 2 nitrogen and oxygen atoms in total. The lowest BCUT2D eigenvalue weighted by Crippen LogP contribution is -1.93. The predicted octanol–water partition coefficient (Wildman–Crippen LogP) is 1.60. The molecule has 0 aliphatic rings. The maximum atomic E-state index is 11.1. The van der Waals surface area contributed by atoms with E-state index in [0.717, 1.165) is 5.41 Å². The second kappa shape index (κ2) is 2.88. The van der Waals surface area contributed by atoms with Gasteiger partial charge in [0.15, 0.2) is 9.84 Å². The van der Waals surface area contributed by atoms with Crippen LogP contribution in [0.4, 0.5) is 0 Å². The summed E-state index contributed by atoms with van der Waals surface area (Å²) in [5, 5.41) is 0.947. The molecule has 0 aliphatic carbocycles. The minimum absolute atomic E-state index is 0.287. The molecule has 0 atom stereocenters. The molecule has 0 aromatic heterocycles. The minimum Gasteiger partial charge on any atom is -0.219 e. The molecule has 0 spiro atoms. The van der Waals surface area contributed by atoms with Crippen molar-refractivity contribution in [3.63, 3.8) is 0 Å². The molecular formula is C8H8O2S. The summed E-state index contributed by atoms with van der Waals surface area (Å²) in [6.45, 7) is 3.22. The fourth-order valence-electron chi connectivity index (χ4n) is 0.706. The van der Waals surface area contributed by atoms with Crippen LogP contribution in [0.25, 0.3) is 0 Å². The van der Waals surface area contributed by atoms with Gasteiger partial charge in [0.1, 0.15) is 0 Å². The Morgan fingerprint density at radius 3 is 2.18 bits per heavy atom. The van der Waals surface area contributed by atoms with E-state index in [1.54, 1.807) is 18.2 Å². The highest BCUT2D eigenvalue weighted by atomic mass is 32.2. The summed E-state index contributed by atoms with van der Waals surface area (Å²) < 4.78 is 22.2. The van der Waals surface area contributed by atoms with Gasteiger partial charge in [-0.1, -0.05) is 24.8 Å². The summed E-state index contributed by atoms with van der Waals surface area (Å²) in [7, 11) is -3.23. The summed E-state index contributed by atoms with van der Waals surface area (Å²) in [4.78, 5) is 0.287. The molecule has 58 valence electrons. The highest BCUT2D eigenvalue weighted by molar-refractivity contribution is 7.94. The zero-order valence-corrected chi connectivity index (χ0v) is 6.71. The van der Waals surface area contributed by atoms with Gasteiger partial charge in [-0.15, -0.1) is 0 Å². The SMILES string of the molecule is [13CH2]=CS(=O)(=O)c1ccccc1. The molecule has 3 heteroatoms. The van der Waals surface area contributed by atoms with Crippen LogP contribution in [-0.2, 0) is 9.84 Å². The molecule has 0 saturated carbocycles. The van der Waals surface area contributed by atoms with Gasteiger partial charge in [-0.05, 0) is 12.1 Å². The Bertz CT molecular complexity index is 338. The molecule has 0 radical (unpaired) electrons. The van der Waals surface area contributed by atoms with Crippen LogP contribution in [0.1, 0.15) is 0 Å². The Balaban J connectivity index is 3.24. The molecule has 1 rings (SSSR count). The molecule has 0 heterocycles. The first kappa shape index (κ1) is 8.01. The van der Waals surface area contributed by atoms with Crippen LogP contribution in [0.2, 0.25) is 0 Å². The molecule has 0 saturated heterocycles. The smallest absolute Gasteiger partial charge is 0.199 e. The average Bonchev–Trinajstić information content (AvgIpc) is 2.06. The third kappa shape index (κ3) is 1.68. The van der Waals surface area contributed by atoms with Crippen molar-refractivity contribution in [3.05, 3.63) is 42.3 Å². The Morgan fingerprint density at radius 2 is 1.73 bits per heavy atom. The Labute approximate surface area is 66.1 Å². The summed E-state index contributed by atoms with van der Waals surface area (Å²) in [5.41, 5.74) is 0. The van der Waals surface area contributed by atoms with Gasteiger partial charge < -0.3 is 0 Å². The van der Waals surface area contributed by atoms with Crippen LogP contribution in [0, 0.1) is 0 Å². The Morgan fingerprint density at radius 1 is 1.18 bits per heavy atom. The quantitative estimate of drug-likeness (QED) is 0.630. The lowest BCUT2D eigenvalue weighted by molar-refractivity contribution is 0.604. The lowest BCUT2D eigenvalue weighted by Gasteiger charge is -1.95. The Hall–Kier alpha value is -1.09. The number of rotatable bonds is 2. The van der Waals surface area contributed by atoms with Crippen LogP contribution in [-0.4, -0.2) is 8.42 Å². The standard InChI is InChI=1S/C8H8O2S/c1-2-11(9,10)8-6-4-3-5-7-8/h2-7H,1H2/i1+1. The van der Waals surface area contributed by atoms with Gasteiger partial charge in [-0.3, -0.25) is 0 Å². The van der Waals surface area contributed by atoms with E-state index in [0.29, 0.717) is 0 Å². The van der Waals surface area contributed by atoms with Crippen LogP contribution in [0.15, 0.2) is 47.2 Å². The van der Waals surface area contributed by atoms with Crippen molar-refractivity contribution in [2.24, 2.45) is 0 Å². The largest absolute Gasteiger partial charge is 0.219 e. The van der Waals surface area contributed by atoms with E-state index in [4.69, 9.17) is 0 Å². The highest BCUT2D eigenvalue weighted by Crippen LogP contribution is 2.09. The van der Waals surface area contributed by atoms with E-state index >= 15 is 0 Å². The van der Waals surface area contributed by atoms with Gasteiger partial charge in [0.05, 0.1) is 4.90 Å². The van der Waals surface area contributed by atoms with Gasteiger partial charge in [0.25, 0.3) is 0 Å². The maximum absolute atomic E-state index is 11.1. The van der Waals surface area contributed by atoms with Crippen molar-refractivity contribution in [1.82, 2.24) is 0 Å². The lowest BCUT2D eigenvalue weighted by atomic mass is 10.4. The first-order valence-electron chi connectivity index (χ1n) is 3.09. The number of sulfone groups is 1. The highest BCUT2D eigenvalue weighted by Gasteiger charge is 2.06. The van der Waals surface area contributed by atoms with Crippen molar-refractivity contribution < 1.29 is 8.42 Å². The van der Waals surface area contributed by atoms with Crippen molar-refractivity contribution in [2.45, 2.75) is 4.90 Å². The molecule has 1 aromatic rings. The molecule has 0 aliphatic heterocycles. The zero-order chi connectivity index (χ0) is 8.32. The molecule has 11 heavy (non-hydrogen) atoms. The van der Waals surface area contributed by atoms with Crippen molar-refractivity contribution in [1.29, 1.82) is 0 Å². The van der Waals surface area contributed by atoms with Crippen LogP contribution in [0.5, 0.6) is 0 Å². The van der Waals surface area contributed by atoms with Crippen molar-refractivity contribution >= 4 is 9.84 Å². The molecule has 0 bridgehead atoms. The van der Waals surface area contributed by atoms with Crippen LogP contribution >= 0.6 is 0 Å². The first-order valence-corrected chi connectivity index (χ1v) is 4.64. The zero-order valence-electron chi connectivity index (χ0n) is 5.90. The summed E-state index contributed by atoms with van der Waals surface area (Å²) in [6.07, 6.45) is 0. The van der Waals surface area contributed by atoms with E-state index < -0.39 is 9.84 Å². The third-order valence-corrected chi connectivity index (χ3v) is 2.66. The average molecular weight is 169 g/mol. The minimum atomic E-state index is -3.23. The number of hydrogen-bond donors (Lipinski definition) is 0. The van der Waals surface area contributed by atoms with Crippen LogP contribution in [0.3, 0.4) is 0 Å². The molecule has 0 fully saturated rings. The van der Waals surface area contributed by atoms with Gasteiger partial charge >= 0.3 is 0 Å². The monoisotopic (exact) mass is 169 g/mol. The van der Waals surface area contributed by atoms with E-state index in [9.17, 15) is 8.42 Å². The maximum Gasteiger partial charge on any atom is 0.199 e. The number of hydrogen-bond acceptors (Lipinski definition) is 2. The first-order chi connectivity index (χ1) is 5.17. The number of benzene rings is 1. The molecule has 0 N–H and O–H groups in total. The predicted molar refractivity (Wildman–Crippen MR) is 43.8 cm³/mol. The molecule has 0 amide bonds. The fraction of sp³-hybridized carbons (Fsp3) is 0. The normalized spacial score (nSPS) is 10.9. The summed E-state index contributed by atoms with van der Waals surface area (Å²) >= 11 is 0. The van der Waals surface area contributed by atoms with Gasteiger partial charge in [0, 0.05) is 5.41 Å². The second-order valence-corrected chi connectivity index (χ2v) is 3.92. The van der Waals surface area contributed by atoms with Crippen molar-refractivity contribution in [2.75, 3.05) is 0 Å². The topological polar surface area (TPSA) is 34.1 Å². The van der Waals surface area contributed by atoms with E-state index in [1.165, 1.54) is 12.1 Å². The summed E-state index contributed by atoms with van der Waals surface area (Å²) in [5.74, 6) is 0. The van der Waals surface area contributed by atoms with Gasteiger partial charge in [-0.2, -0.15) is 0 Å². The van der Waals surface area contributed by atoms with E-state index in [1.807, 2.05) is 0 Å². The van der Waals surface area contributed by atoms with E-state index in [-0.39, 0.29) is 4.90 Å². The fourth-order valence-corrected chi connectivity index (χ4v) is 1.44. The Kier molecular flexibility index (Phi) is 2.10. The van der Waals surface area contributed by atoms with Crippen LogP contribution < -0.4 is 0 Å². The molecule has 0 unspecified atom stereocenters. The molecular weight excluding hydrogens is 161 g/mol. The molecule has 1 aromatic carbocycles. The third-order valence-electron chi connectivity index (χ3n) is 1.29. The van der Waals surface area contributed by atoms with Crippen molar-refractivity contribution in [3.8, 4) is 0 Å². The van der Waals surface area contributed by atoms with Gasteiger partial charge in [-0.25, -0.2) is 8.42 Å². The summed E-state index contributed by atoms with van der Waals surface area (Å²) in [6, 6.07) is 8.20. The second-order valence-electron chi connectivity index (χ2n) is 2.02.